The van der Waals surface area contributed by atoms with Gasteiger partial charge >= 0.3 is 0 Å². The standard InChI is InChI=1S/C70H54N4O/c1-70(2,3)53-40-41-71-67(44-53)74-63-35-17-16-32-59(63)60-39-38-56(46-66(60)74)75-55-31-20-30-54(45-55)72-47-73(65-37-19-18-36-64(65)72)69-61(50-26-12-6-13-27-50)42-52(43-62(69)51-28-14-7-15-29-51)68-57(48-22-8-4-9-23-48)33-21-34-58(68)49-24-10-5-11-25-49/h4-46H,47H2,1-3H3/i4D,5D,6D,7D,8D,9D,10D,11D,12D,13D,14D,15D,21D,22D,23D,24D,25D,26D,27D,28D,29D,33D,34D,42D,43D. The van der Waals surface area contributed by atoms with Gasteiger partial charge in [0.05, 0.1) is 62.4 Å². The van der Waals surface area contributed by atoms with Gasteiger partial charge in [0.15, 0.2) is 0 Å². The molecule has 0 unspecified atom stereocenters. The third-order valence-corrected chi connectivity index (χ3v) is 13.0. The smallest absolute Gasteiger partial charge is 0.137 e. The molecule has 1 aliphatic heterocycles. The molecule has 13 rings (SSSR count). The van der Waals surface area contributed by atoms with Gasteiger partial charge in [0.2, 0.25) is 0 Å². The Labute approximate surface area is 474 Å². The summed E-state index contributed by atoms with van der Waals surface area (Å²) < 4.78 is 242. The molecule has 3 heterocycles. The number of nitrogens with zero attached hydrogens (tertiary/aromatic N) is 4. The molecule has 0 N–H and O–H groups in total. The van der Waals surface area contributed by atoms with Gasteiger partial charge in [-0.05, 0) is 122 Å². The van der Waals surface area contributed by atoms with Gasteiger partial charge in [0.25, 0.3) is 0 Å². The Bertz CT molecular complexity index is 5280. The van der Waals surface area contributed by atoms with Crippen molar-refractivity contribution in [3.8, 4) is 73.0 Å². The normalized spacial score (nSPS) is 17.0. The van der Waals surface area contributed by atoms with E-state index in [1.807, 2.05) is 48.5 Å². The summed E-state index contributed by atoms with van der Waals surface area (Å²) >= 11 is 0. The summed E-state index contributed by atoms with van der Waals surface area (Å²) in [6.07, 6.45) is 1.78. The van der Waals surface area contributed by atoms with Gasteiger partial charge in [-0.15, -0.1) is 0 Å². The Morgan fingerprint density at radius 2 is 1.01 bits per heavy atom. The van der Waals surface area contributed by atoms with Crippen LogP contribution in [-0.4, -0.2) is 16.2 Å². The molecule has 360 valence electrons. The molecule has 0 bridgehead atoms. The Morgan fingerprint density at radius 3 is 1.63 bits per heavy atom. The van der Waals surface area contributed by atoms with Crippen LogP contribution in [0.2, 0.25) is 0 Å². The minimum Gasteiger partial charge on any atom is -0.457 e. The minimum atomic E-state index is -1.13. The third-order valence-electron chi connectivity index (χ3n) is 13.0. The maximum atomic E-state index is 10.8. The van der Waals surface area contributed by atoms with Gasteiger partial charge in [-0.25, -0.2) is 4.98 Å². The van der Waals surface area contributed by atoms with Gasteiger partial charge in [0.1, 0.15) is 24.0 Å². The van der Waals surface area contributed by atoms with Crippen molar-refractivity contribution in [2.75, 3.05) is 16.5 Å². The van der Waals surface area contributed by atoms with Crippen LogP contribution in [0.5, 0.6) is 11.5 Å². The molecule has 5 heteroatoms. The summed E-state index contributed by atoms with van der Waals surface area (Å²) in [5.74, 6) is 1.44. The summed E-state index contributed by atoms with van der Waals surface area (Å²) in [7, 11) is 0. The third kappa shape index (κ3) is 8.38. The molecule has 0 atom stereocenters. The quantitative estimate of drug-likeness (QED) is 0.137. The van der Waals surface area contributed by atoms with Crippen LogP contribution in [0.3, 0.4) is 0 Å². The number of pyridine rings is 1. The van der Waals surface area contributed by atoms with Crippen LogP contribution in [0.15, 0.2) is 260 Å². The Kier molecular flexibility index (Phi) is 6.53. The van der Waals surface area contributed by atoms with Gasteiger partial charge < -0.3 is 14.5 Å². The molecule has 0 spiro atoms. The molecule has 12 aromatic rings. The average Bonchev–Trinajstić information content (AvgIpc) is 0.987. The first-order chi connectivity index (χ1) is 47.2. The highest BCUT2D eigenvalue weighted by molar-refractivity contribution is 6.10. The fourth-order valence-corrected chi connectivity index (χ4v) is 9.56. The van der Waals surface area contributed by atoms with Crippen LogP contribution >= 0.6 is 0 Å². The predicted molar refractivity (Wildman–Crippen MR) is 313 cm³/mol. The van der Waals surface area contributed by atoms with Crippen molar-refractivity contribution in [1.29, 1.82) is 0 Å². The number of hydrogen-bond acceptors (Lipinski definition) is 4. The van der Waals surface area contributed by atoms with E-state index in [2.05, 4.69) is 31.4 Å². The molecule has 0 amide bonds. The molecular formula is C70H54N4O. The lowest BCUT2D eigenvalue weighted by Gasteiger charge is -2.29. The number of benzene rings is 10. The first-order valence-electron chi connectivity index (χ1n) is 36.3. The van der Waals surface area contributed by atoms with Crippen LogP contribution in [-0.2, 0) is 5.41 Å². The maximum absolute atomic E-state index is 10.8. The minimum absolute atomic E-state index is 0.185. The van der Waals surface area contributed by atoms with Gasteiger partial charge in [-0.3, -0.25) is 4.57 Å². The molecule has 5 nitrogen and oxygen atoms in total. The molecule has 0 saturated carbocycles. The zero-order valence-electron chi connectivity index (χ0n) is 65.3. The van der Waals surface area contributed by atoms with E-state index in [-0.39, 0.29) is 11.1 Å². The summed E-state index contributed by atoms with van der Waals surface area (Å²) in [6.45, 7) is 5.94. The van der Waals surface area contributed by atoms with Gasteiger partial charge in [-0.2, -0.15) is 0 Å². The highest BCUT2D eigenvalue weighted by Crippen LogP contribution is 2.53. The van der Waals surface area contributed by atoms with Crippen molar-refractivity contribution in [2.45, 2.75) is 26.2 Å². The second-order valence-electron chi connectivity index (χ2n) is 18.5. The van der Waals surface area contributed by atoms with Crippen LogP contribution in [0.4, 0.5) is 22.7 Å². The summed E-state index contributed by atoms with van der Waals surface area (Å²) in [5, 5.41) is 1.90. The summed E-state index contributed by atoms with van der Waals surface area (Å²) in [5.41, 5.74) is -5.90. The lowest BCUT2D eigenvalue weighted by Crippen LogP contribution is -2.25. The Morgan fingerprint density at radius 1 is 0.467 bits per heavy atom. The van der Waals surface area contributed by atoms with Crippen LogP contribution in [0.1, 0.15) is 60.6 Å². The second kappa shape index (κ2) is 18.9. The largest absolute Gasteiger partial charge is 0.457 e. The SMILES string of the molecule is [2H]c1c([2H])c([2H])c(-c2c([2H])c([2H])c([2H])c(-c3c([2H])c([2H])c([2H])c([2H])c3[2H])c2-c2c([2H])c(-c3c([2H])c([2H])c([2H])c([2H])c3[2H])c(N3CN(c4cccc(Oc5ccc6c7ccccc7n(-c7cc(C(C)(C)C)ccn7)c6c5)c4)c4ccccc43)c(-c3c([2H])c([2H])c([2H])c([2H])c3[2H])c2[2H])c([2H])c1[2H]. The van der Waals surface area contributed by atoms with Crippen LogP contribution in [0.25, 0.3) is 83.3 Å². The number of fused-ring (bicyclic) bond motifs is 4. The van der Waals surface area contributed by atoms with Crippen molar-refractivity contribution in [1.82, 2.24) is 9.55 Å². The van der Waals surface area contributed by atoms with E-state index in [4.69, 9.17) is 26.2 Å². The van der Waals surface area contributed by atoms with Crippen molar-refractivity contribution >= 4 is 44.6 Å². The monoisotopic (exact) mass is 992 g/mol. The van der Waals surface area contributed by atoms with Crippen molar-refractivity contribution < 1.29 is 39.0 Å². The summed E-state index contributed by atoms with van der Waals surface area (Å²) in [4.78, 5) is 7.99. The molecule has 2 aromatic heterocycles. The first-order valence-corrected chi connectivity index (χ1v) is 23.8. The second-order valence-corrected chi connectivity index (χ2v) is 18.5. The topological polar surface area (TPSA) is 33.5 Å². The number of rotatable bonds is 10. The Hall–Kier alpha value is -9.45. The van der Waals surface area contributed by atoms with E-state index in [0.29, 0.717) is 28.7 Å². The van der Waals surface area contributed by atoms with Crippen LogP contribution in [0, 0.1) is 0 Å². The number of aromatic nitrogens is 2. The first kappa shape index (κ1) is 26.0. The molecule has 0 radical (unpaired) electrons. The molecule has 0 aliphatic carbocycles. The molecule has 0 saturated heterocycles. The molecule has 1 aliphatic rings. The van der Waals surface area contributed by atoms with E-state index in [0.717, 1.165) is 27.4 Å². The van der Waals surface area contributed by atoms with Gasteiger partial charge in [0, 0.05) is 45.9 Å². The number of hydrogen-bond donors (Lipinski definition) is 0. The van der Waals surface area contributed by atoms with Crippen molar-refractivity contribution in [2.24, 2.45) is 0 Å². The lowest BCUT2D eigenvalue weighted by atomic mass is 9.84. The molecule has 0 fully saturated rings. The van der Waals surface area contributed by atoms with E-state index in [9.17, 15) is 17.8 Å². The van der Waals surface area contributed by atoms with Crippen molar-refractivity contribution in [3.05, 3.63) is 266 Å². The molecule has 10 aromatic carbocycles. The Balaban J connectivity index is 1.13. The predicted octanol–water partition coefficient (Wildman–Crippen LogP) is 18.9. The highest BCUT2D eigenvalue weighted by atomic mass is 16.5. The van der Waals surface area contributed by atoms with E-state index in [1.165, 1.54) is 4.90 Å². The van der Waals surface area contributed by atoms with Crippen molar-refractivity contribution in [3.63, 3.8) is 0 Å². The number of ether oxygens (including phenoxy) is 1. The van der Waals surface area contributed by atoms with E-state index >= 15 is 0 Å². The highest BCUT2D eigenvalue weighted by Gasteiger charge is 2.32. The molecule has 75 heavy (non-hydrogen) atoms. The number of anilines is 4. The zero-order valence-corrected chi connectivity index (χ0v) is 40.3. The fourth-order valence-electron chi connectivity index (χ4n) is 9.56. The van der Waals surface area contributed by atoms with E-state index in [1.54, 1.807) is 59.6 Å². The lowest BCUT2D eigenvalue weighted by molar-refractivity contribution is 0.483. The average molecular weight is 992 g/mol. The molecular weight excluding hydrogens is 913 g/mol. The maximum Gasteiger partial charge on any atom is 0.137 e. The number of para-hydroxylation sites is 3. The fraction of sp³-hybridized carbons (Fsp3) is 0.0714. The van der Waals surface area contributed by atoms with Crippen LogP contribution < -0.4 is 14.5 Å². The van der Waals surface area contributed by atoms with Gasteiger partial charge in [-0.1, -0.05) is 196 Å². The summed E-state index contributed by atoms with van der Waals surface area (Å²) in [6, 6.07) is 5.51. The van der Waals surface area contributed by atoms with E-state index < -0.39 is 219 Å². The zero-order chi connectivity index (χ0) is 72.2.